The van der Waals surface area contributed by atoms with Crippen molar-refractivity contribution in [2.24, 2.45) is 0 Å². The molecule has 9 heteroatoms. The Kier molecular flexibility index (Phi) is 8.11. The van der Waals surface area contributed by atoms with Crippen molar-refractivity contribution in [1.29, 1.82) is 0 Å². The van der Waals surface area contributed by atoms with Crippen molar-refractivity contribution in [2.75, 3.05) is 26.2 Å². The minimum atomic E-state index is -0.405. The molecule has 1 aromatic carbocycles. The summed E-state index contributed by atoms with van der Waals surface area (Å²) in [4.78, 5) is 14.3. The Labute approximate surface area is 162 Å². The number of piperazine rings is 1. The summed E-state index contributed by atoms with van der Waals surface area (Å²) in [5.41, 5.74) is 1.03. The number of hydrogen-bond acceptors (Lipinski definition) is 6. The predicted octanol–water partition coefficient (Wildman–Crippen LogP) is 3.51. The number of benzene rings is 1. The Hall–Kier alpha value is -1.38. The van der Waals surface area contributed by atoms with Gasteiger partial charge in [-0.1, -0.05) is 6.07 Å². The van der Waals surface area contributed by atoms with Crippen LogP contribution in [0.1, 0.15) is 22.0 Å². The molecule has 2 N–H and O–H groups in total. The molecule has 2 aromatic rings. The highest BCUT2D eigenvalue weighted by Gasteiger charge is 2.33. The SMILES string of the molecule is Cc1ccc([N+](=O)[O-])c([C@@H](c2cccs2)N2CCNCC2)c1O.Cl.Cl. The van der Waals surface area contributed by atoms with Gasteiger partial charge in [-0.15, -0.1) is 36.2 Å². The topological polar surface area (TPSA) is 78.6 Å². The largest absolute Gasteiger partial charge is 0.507 e. The van der Waals surface area contributed by atoms with E-state index >= 15 is 0 Å². The van der Waals surface area contributed by atoms with Crippen LogP contribution in [0.5, 0.6) is 5.75 Å². The fraction of sp³-hybridized carbons (Fsp3) is 0.375. The van der Waals surface area contributed by atoms with E-state index in [1.54, 1.807) is 24.3 Å². The predicted molar refractivity (Wildman–Crippen MR) is 105 cm³/mol. The standard InChI is InChI=1S/C16H19N3O3S.2ClH/c1-11-4-5-12(19(21)22)14(16(11)20)15(13-3-2-10-23-13)18-8-6-17-7-9-18;;/h2-5,10,15,17,20H,6-9H2,1H3;2*1H/t15-;;/m1../s1. The van der Waals surface area contributed by atoms with Crippen LogP contribution in [-0.4, -0.2) is 41.1 Å². The van der Waals surface area contributed by atoms with Gasteiger partial charge in [0.2, 0.25) is 0 Å². The van der Waals surface area contributed by atoms with Crippen molar-refractivity contribution >= 4 is 41.8 Å². The Morgan fingerprint density at radius 3 is 2.52 bits per heavy atom. The quantitative estimate of drug-likeness (QED) is 0.600. The normalized spacial score (nSPS) is 15.7. The number of aryl methyl sites for hydroxylation is 1. The molecule has 1 aliphatic rings. The van der Waals surface area contributed by atoms with Crippen LogP contribution < -0.4 is 5.32 Å². The fourth-order valence-corrected chi connectivity index (χ4v) is 3.89. The molecular weight excluding hydrogens is 385 g/mol. The minimum Gasteiger partial charge on any atom is -0.507 e. The molecule has 1 aliphatic heterocycles. The van der Waals surface area contributed by atoms with Crippen LogP contribution in [0.4, 0.5) is 5.69 Å². The van der Waals surface area contributed by atoms with Crippen LogP contribution in [0.3, 0.4) is 0 Å². The monoisotopic (exact) mass is 405 g/mol. The van der Waals surface area contributed by atoms with E-state index in [4.69, 9.17) is 0 Å². The van der Waals surface area contributed by atoms with E-state index in [9.17, 15) is 15.2 Å². The summed E-state index contributed by atoms with van der Waals surface area (Å²) in [5, 5.41) is 27.4. The van der Waals surface area contributed by atoms with Gasteiger partial charge in [-0.2, -0.15) is 0 Å². The molecule has 25 heavy (non-hydrogen) atoms. The van der Waals surface area contributed by atoms with Gasteiger partial charge in [-0.25, -0.2) is 0 Å². The van der Waals surface area contributed by atoms with Crippen molar-refractivity contribution < 1.29 is 10.0 Å². The molecule has 0 aliphatic carbocycles. The zero-order chi connectivity index (χ0) is 16.4. The number of nitrogens with one attached hydrogen (secondary N) is 1. The van der Waals surface area contributed by atoms with Crippen LogP contribution in [0.15, 0.2) is 29.6 Å². The van der Waals surface area contributed by atoms with E-state index in [-0.39, 0.29) is 42.3 Å². The number of nitrogens with zero attached hydrogens (tertiary/aromatic N) is 2. The smallest absolute Gasteiger partial charge is 0.278 e. The molecule has 0 spiro atoms. The van der Waals surface area contributed by atoms with Gasteiger partial charge in [-0.05, 0) is 30.0 Å². The fourth-order valence-electron chi connectivity index (χ4n) is 3.03. The second-order valence-electron chi connectivity index (χ2n) is 5.62. The number of halogens is 2. The van der Waals surface area contributed by atoms with E-state index in [1.165, 1.54) is 6.07 Å². The highest BCUT2D eigenvalue weighted by molar-refractivity contribution is 7.10. The number of hydrogen-bond donors (Lipinski definition) is 2. The maximum absolute atomic E-state index is 11.5. The Morgan fingerprint density at radius 1 is 1.28 bits per heavy atom. The van der Waals surface area contributed by atoms with E-state index in [1.807, 2.05) is 17.5 Å². The van der Waals surface area contributed by atoms with Gasteiger partial charge < -0.3 is 10.4 Å². The summed E-state index contributed by atoms with van der Waals surface area (Å²) >= 11 is 1.56. The van der Waals surface area contributed by atoms with Crippen molar-refractivity contribution in [1.82, 2.24) is 10.2 Å². The molecule has 3 rings (SSSR count). The molecule has 0 unspecified atom stereocenters. The average Bonchev–Trinajstić information content (AvgIpc) is 3.07. The first kappa shape index (κ1) is 21.7. The molecule has 1 fully saturated rings. The molecule has 0 saturated carbocycles. The number of nitro groups is 1. The van der Waals surface area contributed by atoms with Crippen LogP contribution in [-0.2, 0) is 0 Å². The number of aromatic hydroxyl groups is 1. The van der Waals surface area contributed by atoms with E-state index in [0.29, 0.717) is 11.1 Å². The average molecular weight is 406 g/mol. The van der Waals surface area contributed by atoms with Gasteiger partial charge in [0.05, 0.1) is 16.5 Å². The zero-order valence-electron chi connectivity index (χ0n) is 13.7. The summed E-state index contributed by atoms with van der Waals surface area (Å²) in [7, 11) is 0. The van der Waals surface area contributed by atoms with Crippen molar-refractivity contribution in [2.45, 2.75) is 13.0 Å². The van der Waals surface area contributed by atoms with Gasteiger partial charge >= 0.3 is 0 Å². The van der Waals surface area contributed by atoms with E-state index < -0.39 is 4.92 Å². The van der Waals surface area contributed by atoms with Gasteiger partial charge in [-0.3, -0.25) is 15.0 Å². The number of rotatable bonds is 4. The summed E-state index contributed by atoms with van der Waals surface area (Å²) in [6.45, 7) is 5.01. The molecule has 1 atom stereocenters. The second-order valence-corrected chi connectivity index (χ2v) is 6.60. The number of phenolic OH excluding ortho intramolecular Hbond substituents is 1. The van der Waals surface area contributed by atoms with Crippen LogP contribution in [0.25, 0.3) is 0 Å². The number of nitro benzene ring substituents is 1. The second kappa shape index (κ2) is 9.35. The molecule has 0 bridgehead atoms. The molecule has 138 valence electrons. The molecule has 2 heterocycles. The lowest BCUT2D eigenvalue weighted by molar-refractivity contribution is -0.386. The lowest BCUT2D eigenvalue weighted by Crippen LogP contribution is -2.45. The third-order valence-electron chi connectivity index (χ3n) is 4.20. The van der Waals surface area contributed by atoms with Gasteiger partial charge in [0.1, 0.15) is 5.75 Å². The first-order valence-corrected chi connectivity index (χ1v) is 8.42. The zero-order valence-corrected chi connectivity index (χ0v) is 16.1. The molecule has 0 amide bonds. The van der Waals surface area contributed by atoms with E-state index in [2.05, 4.69) is 10.2 Å². The number of phenols is 1. The Bertz CT molecular complexity index is 707. The molecule has 0 radical (unpaired) electrons. The first-order chi connectivity index (χ1) is 11.1. The summed E-state index contributed by atoms with van der Waals surface area (Å²) < 4.78 is 0. The summed E-state index contributed by atoms with van der Waals surface area (Å²) in [6, 6.07) is 6.71. The summed E-state index contributed by atoms with van der Waals surface area (Å²) in [6.07, 6.45) is 0. The molecule has 1 aromatic heterocycles. The Morgan fingerprint density at radius 2 is 1.96 bits per heavy atom. The Balaban J connectivity index is 0.00000156. The highest BCUT2D eigenvalue weighted by atomic mass is 35.5. The lowest BCUT2D eigenvalue weighted by Gasteiger charge is -2.34. The first-order valence-electron chi connectivity index (χ1n) is 7.54. The minimum absolute atomic E-state index is 0. The lowest BCUT2D eigenvalue weighted by atomic mass is 9.97. The van der Waals surface area contributed by atoms with Gasteiger partial charge in [0, 0.05) is 37.1 Å². The van der Waals surface area contributed by atoms with Crippen LogP contribution >= 0.6 is 36.2 Å². The van der Waals surface area contributed by atoms with Crippen molar-refractivity contribution in [3.63, 3.8) is 0 Å². The summed E-state index contributed by atoms with van der Waals surface area (Å²) in [5.74, 6) is 0.0242. The number of thiophene rings is 1. The molecular formula is C16H21Cl2N3O3S. The van der Waals surface area contributed by atoms with E-state index in [0.717, 1.165) is 31.1 Å². The maximum atomic E-state index is 11.5. The molecule has 6 nitrogen and oxygen atoms in total. The highest BCUT2D eigenvalue weighted by Crippen LogP contribution is 2.43. The molecule has 1 saturated heterocycles. The third-order valence-corrected chi connectivity index (χ3v) is 5.12. The van der Waals surface area contributed by atoms with Crippen molar-refractivity contribution in [3.05, 3.63) is 55.8 Å². The van der Waals surface area contributed by atoms with Crippen LogP contribution in [0.2, 0.25) is 0 Å². The van der Waals surface area contributed by atoms with Crippen molar-refractivity contribution in [3.8, 4) is 5.75 Å². The maximum Gasteiger partial charge on any atom is 0.278 e. The van der Waals surface area contributed by atoms with Gasteiger partial charge in [0.15, 0.2) is 0 Å². The van der Waals surface area contributed by atoms with Gasteiger partial charge in [0.25, 0.3) is 5.69 Å². The third kappa shape index (κ3) is 4.43. The van der Waals surface area contributed by atoms with Crippen LogP contribution in [0, 0.1) is 17.0 Å².